The summed E-state index contributed by atoms with van der Waals surface area (Å²) in [5.41, 5.74) is 5.51. The number of alkyl halides is 1. The molecule has 0 aliphatic heterocycles. The molecule has 0 radical (unpaired) electrons. The third-order valence-electron chi connectivity index (χ3n) is 1.88. The van der Waals surface area contributed by atoms with Gasteiger partial charge in [-0.2, -0.15) is 0 Å². The Hall–Kier alpha value is -0.280. The van der Waals surface area contributed by atoms with Gasteiger partial charge in [-0.25, -0.2) is 0 Å². The average Bonchev–Trinajstić information content (AvgIpc) is 2.13. The standard InChI is InChI=1S/C6H10ClNO2/c7-4-1-3(6(9)10)2-5(4)8/h3-5H,1-2,8H2,(H,9,10)/t3-,4-,5-/m0/s1. The summed E-state index contributed by atoms with van der Waals surface area (Å²) in [4.78, 5) is 10.4. The lowest BCUT2D eigenvalue weighted by Gasteiger charge is -2.02. The summed E-state index contributed by atoms with van der Waals surface area (Å²) < 4.78 is 0. The van der Waals surface area contributed by atoms with E-state index in [2.05, 4.69) is 0 Å². The van der Waals surface area contributed by atoms with Crippen LogP contribution in [0.15, 0.2) is 0 Å². The van der Waals surface area contributed by atoms with Crippen molar-refractivity contribution in [1.29, 1.82) is 0 Å². The molecular weight excluding hydrogens is 154 g/mol. The molecule has 0 unspecified atom stereocenters. The summed E-state index contributed by atoms with van der Waals surface area (Å²) in [7, 11) is 0. The number of rotatable bonds is 1. The van der Waals surface area contributed by atoms with Crippen molar-refractivity contribution in [2.75, 3.05) is 0 Å². The third kappa shape index (κ3) is 1.41. The minimum atomic E-state index is -0.779. The summed E-state index contributed by atoms with van der Waals surface area (Å²) in [6.07, 6.45) is 1.03. The molecule has 4 heteroatoms. The van der Waals surface area contributed by atoms with E-state index in [0.717, 1.165) is 0 Å². The number of aliphatic carboxylic acids is 1. The Kier molecular flexibility index (Phi) is 2.16. The Bertz CT molecular complexity index is 141. The largest absolute Gasteiger partial charge is 0.481 e. The second kappa shape index (κ2) is 2.76. The van der Waals surface area contributed by atoms with Crippen LogP contribution in [0.2, 0.25) is 0 Å². The van der Waals surface area contributed by atoms with E-state index in [9.17, 15) is 4.79 Å². The van der Waals surface area contributed by atoms with Crippen LogP contribution in [0.1, 0.15) is 12.8 Å². The molecular formula is C6H10ClNO2. The van der Waals surface area contributed by atoms with E-state index in [-0.39, 0.29) is 17.3 Å². The van der Waals surface area contributed by atoms with Gasteiger partial charge < -0.3 is 10.8 Å². The summed E-state index contributed by atoms with van der Waals surface area (Å²) in [5.74, 6) is -1.10. The first-order valence-electron chi connectivity index (χ1n) is 3.23. The summed E-state index contributed by atoms with van der Waals surface area (Å²) in [6.45, 7) is 0. The molecule has 1 fully saturated rings. The van der Waals surface area contributed by atoms with Crippen molar-refractivity contribution in [2.24, 2.45) is 11.7 Å². The molecule has 0 amide bonds. The van der Waals surface area contributed by atoms with Crippen LogP contribution in [-0.4, -0.2) is 22.5 Å². The zero-order chi connectivity index (χ0) is 7.72. The number of hydrogen-bond acceptors (Lipinski definition) is 2. The Morgan fingerprint density at radius 1 is 1.60 bits per heavy atom. The highest BCUT2D eigenvalue weighted by molar-refractivity contribution is 6.21. The molecule has 3 N–H and O–H groups in total. The summed E-state index contributed by atoms with van der Waals surface area (Å²) in [5, 5.41) is 8.38. The number of halogens is 1. The van der Waals surface area contributed by atoms with Crippen LogP contribution in [0.5, 0.6) is 0 Å². The molecule has 1 saturated carbocycles. The van der Waals surface area contributed by atoms with Gasteiger partial charge in [-0.15, -0.1) is 11.6 Å². The van der Waals surface area contributed by atoms with Gasteiger partial charge in [0.05, 0.1) is 5.92 Å². The Balaban J connectivity index is 2.49. The molecule has 0 aromatic carbocycles. The molecule has 0 aromatic rings. The van der Waals surface area contributed by atoms with Crippen molar-refractivity contribution in [1.82, 2.24) is 0 Å². The average molecular weight is 164 g/mol. The molecule has 1 rings (SSSR count). The first kappa shape index (κ1) is 7.82. The van der Waals surface area contributed by atoms with Gasteiger partial charge in [-0.1, -0.05) is 0 Å². The zero-order valence-electron chi connectivity index (χ0n) is 5.46. The molecule has 1 aliphatic carbocycles. The lowest BCUT2D eigenvalue weighted by molar-refractivity contribution is -0.141. The van der Waals surface area contributed by atoms with Crippen molar-refractivity contribution in [2.45, 2.75) is 24.3 Å². The Labute approximate surface area is 64.2 Å². The molecule has 1 aliphatic rings. The maximum absolute atomic E-state index is 10.4. The highest BCUT2D eigenvalue weighted by atomic mass is 35.5. The van der Waals surface area contributed by atoms with Gasteiger partial charge in [0.2, 0.25) is 0 Å². The van der Waals surface area contributed by atoms with Crippen LogP contribution >= 0.6 is 11.6 Å². The molecule has 0 saturated heterocycles. The van der Waals surface area contributed by atoms with Crippen molar-refractivity contribution < 1.29 is 9.90 Å². The highest BCUT2D eigenvalue weighted by Crippen LogP contribution is 2.28. The zero-order valence-corrected chi connectivity index (χ0v) is 6.21. The first-order chi connectivity index (χ1) is 4.61. The smallest absolute Gasteiger partial charge is 0.306 e. The molecule has 0 aromatic heterocycles. The minimum Gasteiger partial charge on any atom is -0.481 e. The molecule has 3 nitrogen and oxygen atoms in total. The van der Waals surface area contributed by atoms with Gasteiger partial charge >= 0.3 is 5.97 Å². The molecule has 10 heavy (non-hydrogen) atoms. The maximum atomic E-state index is 10.4. The third-order valence-corrected chi connectivity index (χ3v) is 2.38. The van der Waals surface area contributed by atoms with Crippen LogP contribution in [0, 0.1) is 5.92 Å². The highest BCUT2D eigenvalue weighted by Gasteiger charge is 2.34. The lowest BCUT2D eigenvalue weighted by atomic mass is 10.1. The van der Waals surface area contributed by atoms with Crippen LogP contribution in [0.4, 0.5) is 0 Å². The van der Waals surface area contributed by atoms with E-state index in [4.69, 9.17) is 22.4 Å². The molecule has 0 bridgehead atoms. The van der Waals surface area contributed by atoms with Crippen molar-refractivity contribution >= 4 is 17.6 Å². The van der Waals surface area contributed by atoms with Crippen LogP contribution in [0.3, 0.4) is 0 Å². The lowest BCUT2D eigenvalue weighted by Crippen LogP contribution is -2.24. The SMILES string of the molecule is N[C@H]1C[C@@H](C(=O)O)C[C@@H]1Cl. The number of carbonyl (C=O) groups is 1. The number of carboxylic acids is 1. The quantitative estimate of drug-likeness (QED) is 0.551. The number of hydrogen-bond donors (Lipinski definition) is 2. The minimum absolute atomic E-state index is 0.136. The molecule has 0 heterocycles. The second-order valence-electron chi connectivity index (χ2n) is 2.69. The van der Waals surface area contributed by atoms with Crippen molar-refractivity contribution in [3.05, 3.63) is 0 Å². The predicted molar refractivity (Wildman–Crippen MR) is 38.0 cm³/mol. The van der Waals surface area contributed by atoms with Crippen molar-refractivity contribution in [3.63, 3.8) is 0 Å². The summed E-state index contributed by atoms with van der Waals surface area (Å²) >= 11 is 5.71. The Morgan fingerprint density at radius 3 is 2.40 bits per heavy atom. The van der Waals surface area contributed by atoms with Crippen LogP contribution < -0.4 is 5.73 Å². The van der Waals surface area contributed by atoms with Gasteiger partial charge in [-0.3, -0.25) is 4.79 Å². The first-order valence-corrected chi connectivity index (χ1v) is 3.67. The van der Waals surface area contributed by atoms with E-state index in [1.54, 1.807) is 0 Å². The fourth-order valence-corrected chi connectivity index (χ4v) is 1.54. The predicted octanol–water partition coefficient (Wildman–Crippen LogP) is 0.416. The van der Waals surface area contributed by atoms with Crippen LogP contribution in [0.25, 0.3) is 0 Å². The maximum Gasteiger partial charge on any atom is 0.306 e. The van der Waals surface area contributed by atoms with Gasteiger partial charge in [-0.05, 0) is 12.8 Å². The fraction of sp³-hybridized carbons (Fsp3) is 0.833. The van der Waals surface area contributed by atoms with E-state index < -0.39 is 5.97 Å². The van der Waals surface area contributed by atoms with E-state index in [1.807, 2.05) is 0 Å². The second-order valence-corrected chi connectivity index (χ2v) is 3.25. The van der Waals surface area contributed by atoms with E-state index in [0.29, 0.717) is 12.8 Å². The van der Waals surface area contributed by atoms with Crippen molar-refractivity contribution in [3.8, 4) is 0 Å². The molecule has 0 spiro atoms. The summed E-state index contributed by atoms with van der Waals surface area (Å²) in [6, 6.07) is -0.136. The Morgan fingerprint density at radius 2 is 2.20 bits per heavy atom. The van der Waals surface area contributed by atoms with E-state index >= 15 is 0 Å². The number of nitrogens with two attached hydrogens (primary N) is 1. The monoisotopic (exact) mass is 163 g/mol. The normalized spacial score (nSPS) is 40.0. The van der Waals surface area contributed by atoms with Gasteiger partial charge in [0.15, 0.2) is 0 Å². The topological polar surface area (TPSA) is 63.3 Å². The fourth-order valence-electron chi connectivity index (χ4n) is 1.22. The van der Waals surface area contributed by atoms with Gasteiger partial charge in [0.25, 0.3) is 0 Å². The van der Waals surface area contributed by atoms with Gasteiger partial charge in [0, 0.05) is 11.4 Å². The van der Waals surface area contributed by atoms with Gasteiger partial charge in [0.1, 0.15) is 0 Å². The van der Waals surface area contributed by atoms with Crippen LogP contribution in [-0.2, 0) is 4.79 Å². The number of carboxylic acid groups (broad SMARTS) is 1. The molecule has 3 atom stereocenters. The van der Waals surface area contributed by atoms with E-state index in [1.165, 1.54) is 0 Å². The molecule has 58 valence electrons.